The van der Waals surface area contributed by atoms with Gasteiger partial charge in [-0.2, -0.15) is 0 Å². The van der Waals surface area contributed by atoms with Crippen LogP contribution in [-0.4, -0.2) is 35.0 Å². The summed E-state index contributed by atoms with van der Waals surface area (Å²) in [4.78, 5) is 26.2. The molecule has 1 aliphatic heterocycles. The maximum Gasteiger partial charge on any atom is 0.308 e. The molecule has 142 valence electrons. The summed E-state index contributed by atoms with van der Waals surface area (Å²) in [5.41, 5.74) is 1.54. The molecule has 0 bridgehead atoms. The van der Waals surface area contributed by atoms with Crippen molar-refractivity contribution in [3.63, 3.8) is 0 Å². The topological polar surface area (TPSA) is 57.6 Å². The predicted octanol–water partition coefficient (Wildman–Crippen LogP) is 3.72. The highest BCUT2D eigenvalue weighted by molar-refractivity contribution is 5.81. The van der Waals surface area contributed by atoms with Crippen LogP contribution in [0, 0.1) is 17.7 Å². The molecule has 0 radical (unpaired) electrons. The van der Waals surface area contributed by atoms with E-state index in [9.17, 15) is 19.1 Å². The van der Waals surface area contributed by atoms with Gasteiger partial charge in [0.25, 0.3) is 0 Å². The summed E-state index contributed by atoms with van der Waals surface area (Å²) in [6, 6.07) is 16.1. The number of aliphatic carboxylic acids is 1. The van der Waals surface area contributed by atoms with Crippen LogP contribution in [0.15, 0.2) is 54.6 Å². The molecule has 1 heterocycles. The van der Waals surface area contributed by atoms with Crippen LogP contribution in [0.25, 0.3) is 0 Å². The Morgan fingerprint density at radius 3 is 2.44 bits per heavy atom. The lowest BCUT2D eigenvalue weighted by atomic mass is 9.89. The van der Waals surface area contributed by atoms with Gasteiger partial charge >= 0.3 is 5.97 Å². The van der Waals surface area contributed by atoms with Gasteiger partial charge in [0.1, 0.15) is 5.82 Å². The first-order valence-corrected chi connectivity index (χ1v) is 9.27. The number of hydrogen-bond acceptors (Lipinski definition) is 2. The lowest BCUT2D eigenvalue weighted by Gasteiger charge is -2.21. The average Bonchev–Trinajstić information content (AvgIpc) is 3.13. The molecule has 3 rings (SSSR count). The first-order chi connectivity index (χ1) is 13.0. The summed E-state index contributed by atoms with van der Waals surface area (Å²) >= 11 is 0. The van der Waals surface area contributed by atoms with E-state index >= 15 is 0 Å². The molecule has 0 aromatic heterocycles. The third kappa shape index (κ3) is 4.35. The van der Waals surface area contributed by atoms with Crippen LogP contribution < -0.4 is 0 Å². The number of amides is 1. The van der Waals surface area contributed by atoms with Gasteiger partial charge in [-0.3, -0.25) is 9.59 Å². The summed E-state index contributed by atoms with van der Waals surface area (Å²) in [7, 11) is 0. The molecule has 1 N–H and O–H groups in total. The standard InChI is InChI=1S/C22H24FNO3/c1-15(11-12-17-9-5-6-10-20(17)23)21(25)24-13-18(19(14-24)22(26)27)16-7-3-2-4-8-16/h2-10,15,18-19H,11-14H2,1H3,(H,26,27). The van der Waals surface area contributed by atoms with Crippen molar-refractivity contribution < 1.29 is 19.1 Å². The molecular formula is C22H24FNO3. The van der Waals surface area contributed by atoms with E-state index in [0.29, 0.717) is 24.9 Å². The number of nitrogens with zero attached hydrogens (tertiary/aromatic N) is 1. The van der Waals surface area contributed by atoms with E-state index in [2.05, 4.69) is 0 Å². The number of benzene rings is 2. The number of carbonyl (C=O) groups excluding carboxylic acids is 1. The number of carbonyl (C=O) groups is 2. The second kappa shape index (κ2) is 8.33. The van der Waals surface area contributed by atoms with Gasteiger partial charge in [-0.25, -0.2) is 4.39 Å². The Bertz CT molecular complexity index is 808. The quantitative estimate of drug-likeness (QED) is 0.844. The van der Waals surface area contributed by atoms with Crippen LogP contribution in [0.5, 0.6) is 0 Å². The zero-order chi connectivity index (χ0) is 19.4. The lowest BCUT2D eigenvalue weighted by Crippen LogP contribution is -2.34. The normalized spacial score (nSPS) is 20.4. The monoisotopic (exact) mass is 369 g/mol. The number of carboxylic acids is 1. The molecular weight excluding hydrogens is 345 g/mol. The molecule has 5 heteroatoms. The Kier molecular flexibility index (Phi) is 5.89. The number of hydrogen-bond donors (Lipinski definition) is 1. The van der Waals surface area contributed by atoms with Crippen molar-refractivity contribution in [2.24, 2.45) is 11.8 Å². The molecule has 3 atom stereocenters. The number of aryl methyl sites for hydroxylation is 1. The van der Waals surface area contributed by atoms with E-state index in [4.69, 9.17) is 0 Å². The van der Waals surface area contributed by atoms with Crippen molar-refractivity contribution in [1.29, 1.82) is 0 Å². The van der Waals surface area contributed by atoms with E-state index in [-0.39, 0.29) is 30.1 Å². The van der Waals surface area contributed by atoms with Crippen molar-refractivity contribution in [3.8, 4) is 0 Å². The molecule has 2 aromatic carbocycles. The van der Waals surface area contributed by atoms with Crippen molar-refractivity contribution in [1.82, 2.24) is 4.90 Å². The Labute approximate surface area is 158 Å². The highest BCUT2D eigenvalue weighted by atomic mass is 19.1. The summed E-state index contributed by atoms with van der Waals surface area (Å²) in [6.07, 6.45) is 1.02. The number of halogens is 1. The minimum Gasteiger partial charge on any atom is -0.481 e. The van der Waals surface area contributed by atoms with Gasteiger partial charge < -0.3 is 10.0 Å². The first-order valence-electron chi connectivity index (χ1n) is 9.27. The fourth-order valence-corrected chi connectivity index (χ4v) is 3.78. The second-order valence-corrected chi connectivity index (χ2v) is 7.24. The summed E-state index contributed by atoms with van der Waals surface area (Å²) in [6.45, 7) is 2.45. The number of carboxylic acid groups (broad SMARTS) is 1. The van der Waals surface area contributed by atoms with Gasteiger partial charge in [0, 0.05) is 24.9 Å². The van der Waals surface area contributed by atoms with Crippen LogP contribution in [0.4, 0.5) is 4.39 Å². The summed E-state index contributed by atoms with van der Waals surface area (Å²) in [5, 5.41) is 9.59. The zero-order valence-electron chi connectivity index (χ0n) is 15.3. The van der Waals surface area contributed by atoms with E-state index in [1.165, 1.54) is 6.07 Å². The maximum absolute atomic E-state index is 13.8. The Hall–Kier alpha value is -2.69. The number of rotatable bonds is 6. The molecule has 27 heavy (non-hydrogen) atoms. The number of likely N-dealkylation sites (tertiary alicyclic amines) is 1. The second-order valence-electron chi connectivity index (χ2n) is 7.24. The van der Waals surface area contributed by atoms with E-state index in [1.807, 2.05) is 37.3 Å². The van der Waals surface area contributed by atoms with Crippen molar-refractivity contribution in [2.75, 3.05) is 13.1 Å². The van der Waals surface area contributed by atoms with E-state index < -0.39 is 11.9 Å². The molecule has 3 unspecified atom stereocenters. The third-order valence-electron chi connectivity index (χ3n) is 5.40. The lowest BCUT2D eigenvalue weighted by molar-refractivity contribution is -0.142. The molecule has 0 aliphatic carbocycles. The zero-order valence-corrected chi connectivity index (χ0v) is 15.3. The van der Waals surface area contributed by atoms with Gasteiger partial charge in [0.05, 0.1) is 5.92 Å². The minimum atomic E-state index is -0.877. The highest BCUT2D eigenvalue weighted by Gasteiger charge is 2.41. The molecule has 0 saturated carbocycles. The molecule has 0 spiro atoms. The van der Waals surface area contributed by atoms with Gasteiger partial charge in [0.15, 0.2) is 0 Å². The third-order valence-corrected chi connectivity index (χ3v) is 5.40. The van der Waals surface area contributed by atoms with Crippen molar-refractivity contribution in [2.45, 2.75) is 25.7 Å². The average molecular weight is 369 g/mol. The van der Waals surface area contributed by atoms with Crippen LogP contribution in [0.1, 0.15) is 30.4 Å². The fourth-order valence-electron chi connectivity index (χ4n) is 3.78. The molecule has 2 aromatic rings. The summed E-state index contributed by atoms with van der Waals surface area (Å²) < 4.78 is 13.8. The first kappa shape index (κ1) is 19.1. The van der Waals surface area contributed by atoms with Crippen LogP contribution >= 0.6 is 0 Å². The SMILES string of the molecule is CC(CCc1ccccc1F)C(=O)N1CC(C(=O)O)C(c2ccccc2)C1. The Morgan fingerprint density at radius 1 is 1.11 bits per heavy atom. The molecule has 1 fully saturated rings. The summed E-state index contributed by atoms with van der Waals surface area (Å²) in [5.74, 6) is -2.28. The smallest absolute Gasteiger partial charge is 0.308 e. The molecule has 1 aliphatic rings. The highest BCUT2D eigenvalue weighted by Crippen LogP contribution is 2.34. The largest absolute Gasteiger partial charge is 0.481 e. The van der Waals surface area contributed by atoms with Gasteiger partial charge in [-0.05, 0) is 30.0 Å². The van der Waals surface area contributed by atoms with E-state index in [1.54, 1.807) is 23.1 Å². The van der Waals surface area contributed by atoms with Crippen molar-refractivity contribution in [3.05, 3.63) is 71.5 Å². The Morgan fingerprint density at radius 2 is 1.78 bits per heavy atom. The van der Waals surface area contributed by atoms with Crippen LogP contribution in [-0.2, 0) is 16.0 Å². The maximum atomic E-state index is 13.8. The van der Waals surface area contributed by atoms with Crippen molar-refractivity contribution >= 4 is 11.9 Å². The predicted molar refractivity (Wildman–Crippen MR) is 101 cm³/mol. The van der Waals surface area contributed by atoms with E-state index in [0.717, 1.165) is 5.56 Å². The minimum absolute atomic E-state index is 0.0592. The Balaban J connectivity index is 1.66. The van der Waals surface area contributed by atoms with Gasteiger partial charge in [-0.15, -0.1) is 0 Å². The van der Waals surface area contributed by atoms with Gasteiger partial charge in [-0.1, -0.05) is 55.5 Å². The van der Waals surface area contributed by atoms with Crippen LogP contribution in [0.2, 0.25) is 0 Å². The molecule has 4 nitrogen and oxygen atoms in total. The van der Waals surface area contributed by atoms with Gasteiger partial charge in [0.2, 0.25) is 5.91 Å². The fraction of sp³-hybridized carbons (Fsp3) is 0.364. The molecule has 1 saturated heterocycles. The van der Waals surface area contributed by atoms with Crippen LogP contribution in [0.3, 0.4) is 0 Å². The molecule has 1 amide bonds.